The van der Waals surface area contributed by atoms with Crippen molar-refractivity contribution < 1.29 is 10.2 Å². The third-order valence-electron chi connectivity index (χ3n) is 0.849. The van der Waals surface area contributed by atoms with Crippen molar-refractivity contribution in [1.29, 1.82) is 0 Å². The van der Waals surface area contributed by atoms with Gasteiger partial charge in [-0.3, -0.25) is 0 Å². The first-order valence-corrected chi connectivity index (χ1v) is 2.24. The summed E-state index contributed by atoms with van der Waals surface area (Å²) in [5.41, 5.74) is 0. The summed E-state index contributed by atoms with van der Waals surface area (Å²) < 4.78 is 0. The second-order valence-corrected chi connectivity index (χ2v) is 1.45. The van der Waals surface area contributed by atoms with Crippen molar-refractivity contribution in [3.8, 4) is 11.5 Å². The normalized spacial score (nSPS) is 7.20. The zero-order valence-electron chi connectivity index (χ0n) is 5.28. The molecule has 0 N–H and O–H groups in total. The van der Waals surface area contributed by atoms with Crippen molar-refractivity contribution in [3.05, 3.63) is 24.3 Å². The van der Waals surface area contributed by atoms with Crippen molar-refractivity contribution in [2.75, 3.05) is 0 Å². The average molecular weight is 517 g/mol. The third-order valence-corrected chi connectivity index (χ3v) is 0.849. The van der Waals surface area contributed by atoms with Crippen LogP contribution in [0, 0.1) is 0 Å². The van der Waals surface area contributed by atoms with Gasteiger partial charge in [-0.15, -0.1) is 11.5 Å². The molecular formula is C6H4O2Tl2. The summed E-state index contributed by atoms with van der Waals surface area (Å²) >= 11 is 0. The van der Waals surface area contributed by atoms with Crippen molar-refractivity contribution in [2.24, 2.45) is 0 Å². The standard InChI is InChI=1S/C6H6O2.2Tl/c7-5-3-1-2-4-6(5)8;;/h1-4,7-8H;;/q;2*+1/p-2. The predicted octanol–water partition coefficient (Wildman–Crippen LogP) is -0.928. The minimum Gasteiger partial charge on any atom is -0.873 e. The summed E-state index contributed by atoms with van der Waals surface area (Å²) in [6, 6.07) is 5.60. The molecule has 2 nitrogen and oxygen atoms in total. The van der Waals surface area contributed by atoms with Crippen molar-refractivity contribution in [2.45, 2.75) is 0 Å². The van der Waals surface area contributed by atoms with Gasteiger partial charge in [-0.2, -0.15) is 0 Å². The van der Waals surface area contributed by atoms with E-state index in [4.69, 9.17) is 0 Å². The molecule has 1 aromatic rings. The molecule has 4 heteroatoms. The number of rotatable bonds is 0. The fourth-order valence-electron chi connectivity index (χ4n) is 0.450. The molecule has 0 heterocycles. The van der Waals surface area contributed by atoms with E-state index in [1.54, 1.807) is 12.1 Å². The average Bonchev–Trinajstić information content (AvgIpc) is 1.77. The third kappa shape index (κ3) is 3.74. The summed E-state index contributed by atoms with van der Waals surface area (Å²) in [4.78, 5) is 0. The van der Waals surface area contributed by atoms with Crippen LogP contribution in [0.15, 0.2) is 24.3 Å². The van der Waals surface area contributed by atoms with E-state index in [0.717, 1.165) is 0 Å². The van der Waals surface area contributed by atoms with Gasteiger partial charge in [0.2, 0.25) is 0 Å². The van der Waals surface area contributed by atoms with Crippen molar-refractivity contribution in [1.82, 2.24) is 0 Å². The number of hydrogen-bond donors (Lipinski definition) is 0. The molecule has 0 amide bonds. The molecule has 0 aromatic heterocycles. The van der Waals surface area contributed by atoms with E-state index < -0.39 is 11.5 Å². The topological polar surface area (TPSA) is 46.1 Å². The fraction of sp³-hybridized carbons (Fsp3) is 0. The predicted molar refractivity (Wildman–Crippen MR) is 36.8 cm³/mol. The minimum absolute atomic E-state index is 0. The molecule has 0 unspecified atom stereocenters. The number of hydrogen-bond acceptors (Lipinski definition) is 2. The van der Waals surface area contributed by atoms with E-state index in [1.165, 1.54) is 12.1 Å². The summed E-state index contributed by atoms with van der Waals surface area (Å²) in [6.07, 6.45) is 0. The van der Waals surface area contributed by atoms with E-state index >= 15 is 0 Å². The molecule has 0 radical (unpaired) electrons. The zero-order chi connectivity index (χ0) is 5.98. The first-order chi connectivity index (χ1) is 3.80. The van der Waals surface area contributed by atoms with Crippen LogP contribution < -0.4 is 10.2 Å². The Morgan fingerprint density at radius 1 is 0.800 bits per heavy atom. The van der Waals surface area contributed by atoms with Crippen LogP contribution in [0.25, 0.3) is 0 Å². The van der Waals surface area contributed by atoms with Crippen LogP contribution in [0.4, 0.5) is 0 Å². The van der Waals surface area contributed by atoms with Crippen LogP contribution in [0.2, 0.25) is 0 Å². The van der Waals surface area contributed by atoms with Gasteiger partial charge in [-0.1, -0.05) is 24.3 Å². The van der Waals surface area contributed by atoms with Gasteiger partial charge in [0.1, 0.15) is 0 Å². The molecule has 0 aliphatic carbocycles. The van der Waals surface area contributed by atoms with Crippen LogP contribution in [-0.2, 0) is 0 Å². The molecule has 0 bridgehead atoms. The maximum absolute atomic E-state index is 10.3. The zero-order valence-corrected chi connectivity index (χ0v) is 14.3. The molecule has 0 fully saturated rings. The largest absolute Gasteiger partial charge is 1.00 e. The minimum atomic E-state index is -0.437. The fourth-order valence-corrected chi connectivity index (χ4v) is 0.450. The van der Waals surface area contributed by atoms with Gasteiger partial charge < -0.3 is 10.2 Å². The van der Waals surface area contributed by atoms with Gasteiger partial charge in [0, 0.05) is 0 Å². The van der Waals surface area contributed by atoms with Gasteiger partial charge in [-0.05, 0) is 0 Å². The van der Waals surface area contributed by atoms with E-state index in [2.05, 4.69) is 0 Å². The quantitative estimate of drug-likeness (QED) is 0.419. The first-order valence-electron chi connectivity index (χ1n) is 2.24. The van der Waals surface area contributed by atoms with Crippen LogP contribution in [0.3, 0.4) is 0 Å². The van der Waals surface area contributed by atoms with E-state index in [1.807, 2.05) is 0 Å². The number of para-hydroxylation sites is 2. The molecule has 0 atom stereocenters. The van der Waals surface area contributed by atoms with E-state index in [-0.39, 0.29) is 54.6 Å². The van der Waals surface area contributed by atoms with E-state index in [0.29, 0.717) is 0 Å². The summed E-state index contributed by atoms with van der Waals surface area (Å²) in [5.74, 6) is -0.875. The Balaban J connectivity index is 0. The molecule has 0 saturated carbocycles. The molecule has 0 aliphatic heterocycles. The molecule has 0 aliphatic rings. The second-order valence-electron chi connectivity index (χ2n) is 1.45. The Labute approximate surface area is 99.6 Å². The number of benzene rings is 1. The van der Waals surface area contributed by atoms with Gasteiger partial charge in [0.25, 0.3) is 0 Å². The Morgan fingerprint density at radius 3 is 1.30 bits per heavy atom. The summed E-state index contributed by atoms with van der Waals surface area (Å²) in [6.45, 7) is 0. The van der Waals surface area contributed by atoms with Crippen LogP contribution >= 0.6 is 0 Å². The summed E-state index contributed by atoms with van der Waals surface area (Å²) in [7, 11) is 0. The second kappa shape index (κ2) is 6.38. The van der Waals surface area contributed by atoms with Crippen LogP contribution in [0.5, 0.6) is 11.5 Å². The van der Waals surface area contributed by atoms with Crippen molar-refractivity contribution in [3.63, 3.8) is 0 Å². The van der Waals surface area contributed by atoms with Crippen LogP contribution in [-0.4, -0.2) is 54.6 Å². The molecule has 10 heavy (non-hydrogen) atoms. The van der Waals surface area contributed by atoms with Gasteiger partial charge in [-0.25, -0.2) is 0 Å². The van der Waals surface area contributed by atoms with Crippen molar-refractivity contribution >= 4 is 54.6 Å². The molecular weight excluding hydrogens is 513 g/mol. The Bertz CT molecular complexity index is 170. The van der Waals surface area contributed by atoms with Crippen LogP contribution in [0.1, 0.15) is 0 Å². The van der Waals surface area contributed by atoms with Gasteiger partial charge >= 0.3 is 54.6 Å². The van der Waals surface area contributed by atoms with Gasteiger partial charge in [0.05, 0.1) is 0 Å². The SMILES string of the molecule is [O-]c1ccccc1[O-].[Tl+].[Tl+]. The maximum Gasteiger partial charge on any atom is 1.00 e. The smallest absolute Gasteiger partial charge is 0.873 e. The summed E-state index contributed by atoms with van der Waals surface area (Å²) in [5, 5.41) is 20.6. The Hall–Kier alpha value is 0.664. The molecule has 0 spiro atoms. The van der Waals surface area contributed by atoms with E-state index in [9.17, 15) is 10.2 Å². The first kappa shape index (κ1) is 13.3. The Kier molecular flexibility index (Phi) is 8.46. The van der Waals surface area contributed by atoms with Gasteiger partial charge in [0.15, 0.2) is 0 Å². The Morgan fingerprint density at radius 2 is 1.10 bits per heavy atom. The maximum atomic E-state index is 10.3. The molecule has 0 saturated heterocycles. The molecule has 1 rings (SSSR count). The molecule has 46 valence electrons. The molecule has 1 aromatic carbocycles. The monoisotopic (exact) mass is 518 g/mol.